The molecule has 0 spiro atoms. The molecule has 1 amide bonds. The highest BCUT2D eigenvalue weighted by Gasteiger charge is 2.15. The molecule has 25 heavy (non-hydrogen) atoms. The maximum absolute atomic E-state index is 12.2. The van der Waals surface area contributed by atoms with E-state index in [9.17, 15) is 14.9 Å². The van der Waals surface area contributed by atoms with Crippen LogP contribution in [0.5, 0.6) is 0 Å². The molecule has 0 radical (unpaired) electrons. The van der Waals surface area contributed by atoms with Crippen molar-refractivity contribution in [1.29, 1.82) is 0 Å². The van der Waals surface area contributed by atoms with Crippen LogP contribution < -0.4 is 5.32 Å². The van der Waals surface area contributed by atoms with Crippen LogP contribution in [0.15, 0.2) is 53.8 Å². The molecular weight excluding hydrogens is 340 g/mol. The molecule has 126 valence electrons. The van der Waals surface area contributed by atoms with Gasteiger partial charge in [-0.1, -0.05) is 36.0 Å². The van der Waals surface area contributed by atoms with Crippen molar-refractivity contribution in [3.63, 3.8) is 0 Å². The maximum Gasteiger partial charge on any atom is 0.274 e. The number of nitro benzene ring substituents is 1. The number of carbonyl (C=O) groups excluding carboxylic acids is 1. The van der Waals surface area contributed by atoms with Crippen LogP contribution in [0.2, 0.25) is 0 Å². The first kappa shape index (κ1) is 16.8. The van der Waals surface area contributed by atoms with E-state index in [1.807, 2.05) is 24.3 Å². The van der Waals surface area contributed by atoms with E-state index in [4.69, 9.17) is 0 Å². The van der Waals surface area contributed by atoms with Crippen molar-refractivity contribution in [3.05, 3.63) is 64.5 Å². The van der Waals surface area contributed by atoms with E-state index in [0.29, 0.717) is 11.3 Å². The van der Waals surface area contributed by atoms with Crippen molar-refractivity contribution in [1.82, 2.24) is 9.97 Å². The molecule has 8 heteroatoms. The Labute approximate surface area is 147 Å². The number of nitrogens with zero attached hydrogens (tertiary/aromatic N) is 3. The fraction of sp³-hybridized carbons (Fsp3) is 0.118. The molecule has 3 rings (SSSR count). The molecule has 0 saturated heterocycles. The monoisotopic (exact) mass is 354 g/mol. The van der Waals surface area contributed by atoms with Gasteiger partial charge in [-0.25, -0.2) is 9.97 Å². The van der Waals surface area contributed by atoms with Crippen LogP contribution >= 0.6 is 11.8 Å². The van der Waals surface area contributed by atoms with Gasteiger partial charge in [-0.3, -0.25) is 14.9 Å². The van der Waals surface area contributed by atoms with Crippen LogP contribution in [-0.4, -0.2) is 26.6 Å². The summed E-state index contributed by atoms with van der Waals surface area (Å²) in [7, 11) is 0. The summed E-state index contributed by atoms with van der Waals surface area (Å²) in [4.78, 5) is 31.1. The van der Waals surface area contributed by atoms with Crippen molar-refractivity contribution >= 4 is 39.9 Å². The second kappa shape index (κ2) is 7.27. The van der Waals surface area contributed by atoms with E-state index in [-0.39, 0.29) is 17.3 Å². The van der Waals surface area contributed by atoms with Crippen LogP contribution in [-0.2, 0) is 4.79 Å². The Morgan fingerprint density at radius 1 is 1.20 bits per heavy atom. The van der Waals surface area contributed by atoms with Gasteiger partial charge in [0.2, 0.25) is 5.91 Å². The van der Waals surface area contributed by atoms with Crippen LogP contribution in [0.4, 0.5) is 11.4 Å². The highest BCUT2D eigenvalue weighted by molar-refractivity contribution is 8.00. The number of nitro groups is 1. The average Bonchev–Trinajstić information content (AvgIpc) is 2.61. The van der Waals surface area contributed by atoms with Crippen molar-refractivity contribution < 1.29 is 9.72 Å². The predicted molar refractivity (Wildman–Crippen MR) is 96.7 cm³/mol. The van der Waals surface area contributed by atoms with Gasteiger partial charge in [-0.2, -0.15) is 0 Å². The first-order valence-corrected chi connectivity index (χ1v) is 8.41. The molecular formula is C17H14N4O3S. The zero-order valence-corrected chi connectivity index (χ0v) is 14.1. The Morgan fingerprint density at radius 3 is 2.80 bits per heavy atom. The lowest BCUT2D eigenvalue weighted by atomic mass is 10.1. The molecule has 0 aliphatic rings. The first-order chi connectivity index (χ1) is 12.1. The van der Waals surface area contributed by atoms with Gasteiger partial charge in [0.1, 0.15) is 11.4 Å². The summed E-state index contributed by atoms with van der Waals surface area (Å²) in [6, 6.07) is 12.2. The molecule has 3 aromatic rings. The minimum atomic E-state index is -0.466. The summed E-state index contributed by atoms with van der Waals surface area (Å²) in [6.07, 6.45) is 1.47. The molecule has 0 aliphatic heterocycles. The number of hydrogen-bond acceptors (Lipinski definition) is 6. The number of rotatable bonds is 5. The molecule has 0 atom stereocenters. The second-order valence-electron chi connectivity index (χ2n) is 5.24. The molecule has 0 unspecified atom stereocenters. The minimum absolute atomic E-state index is 0.0211. The van der Waals surface area contributed by atoms with Gasteiger partial charge in [-0.05, 0) is 19.1 Å². The Bertz CT molecular complexity index is 956. The molecule has 1 N–H and O–H groups in total. The van der Waals surface area contributed by atoms with E-state index in [1.54, 1.807) is 19.1 Å². The number of para-hydroxylation sites is 1. The van der Waals surface area contributed by atoms with Crippen LogP contribution in [0.1, 0.15) is 5.56 Å². The van der Waals surface area contributed by atoms with Crippen LogP contribution in [0.25, 0.3) is 10.9 Å². The van der Waals surface area contributed by atoms with Gasteiger partial charge in [0.25, 0.3) is 5.69 Å². The van der Waals surface area contributed by atoms with Gasteiger partial charge in [-0.15, -0.1) is 0 Å². The molecule has 0 bridgehead atoms. The number of benzene rings is 2. The molecule has 0 saturated carbocycles. The van der Waals surface area contributed by atoms with Crippen molar-refractivity contribution in [2.45, 2.75) is 11.9 Å². The van der Waals surface area contributed by atoms with E-state index >= 15 is 0 Å². The van der Waals surface area contributed by atoms with E-state index in [2.05, 4.69) is 15.3 Å². The van der Waals surface area contributed by atoms with Gasteiger partial charge in [0.15, 0.2) is 0 Å². The van der Waals surface area contributed by atoms with Crippen LogP contribution in [0, 0.1) is 17.0 Å². The number of hydrogen-bond donors (Lipinski definition) is 1. The molecule has 0 aliphatic carbocycles. The van der Waals surface area contributed by atoms with Crippen molar-refractivity contribution in [2.75, 3.05) is 11.1 Å². The minimum Gasteiger partial charge on any atom is -0.325 e. The van der Waals surface area contributed by atoms with Crippen LogP contribution in [0.3, 0.4) is 0 Å². The summed E-state index contributed by atoms with van der Waals surface area (Å²) in [5.74, 6) is -0.111. The summed E-state index contributed by atoms with van der Waals surface area (Å²) >= 11 is 1.30. The van der Waals surface area contributed by atoms with E-state index < -0.39 is 4.92 Å². The van der Waals surface area contributed by atoms with Gasteiger partial charge in [0, 0.05) is 11.5 Å². The lowest BCUT2D eigenvalue weighted by molar-refractivity contribution is -0.385. The van der Waals surface area contributed by atoms with Gasteiger partial charge in [0.05, 0.1) is 27.4 Å². The van der Waals surface area contributed by atoms with Crippen molar-refractivity contribution in [3.8, 4) is 0 Å². The lowest BCUT2D eigenvalue weighted by Crippen LogP contribution is -2.15. The third-order valence-corrected chi connectivity index (χ3v) is 4.63. The SMILES string of the molecule is Cc1c(NC(=O)CSc2ncnc3ccccc23)cccc1[N+](=O)[O-]. The van der Waals surface area contributed by atoms with E-state index in [0.717, 1.165) is 15.9 Å². The van der Waals surface area contributed by atoms with Crippen molar-refractivity contribution in [2.24, 2.45) is 0 Å². The fourth-order valence-electron chi connectivity index (χ4n) is 2.37. The molecule has 2 aromatic carbocycles. The third-order valence-electron chi connectivity index (χ3n) is 3.62. The molecule has 1 heterocycles. The van der Waals surface area contributed by atoms with E-state index in [1.165, 1.54) is 24.2 Å². The Hall–Kier alpha value is -3.00. The topological polar surface area (TPSA) is 98.0 Å². The normalized spacial score (nSPS) is 10.6. The fourth-order valence-corrected chi connectivity index (χ4v) is 3.16. The molecule has 0 fully saturated rings. The zero-order valence-electron chi connectivity index (χ0n) is 13.3. The number of amides is 1. The quantitative estimate of drug-likeness (QED) is 0.325. The largest absolute Gasteiger partial charge is 0.325 e. The highest BCUT2D eigenvalue weighted by atomic mass is 32.2. The zero-order chi connectivity index (χ0) is 17.8. The number of anilines is 1. The number of aromatic nitrogens is 2. The summed E-state index contributed by atoms with van der Waals surface area (Å²) in [5, 5.41) is 15.3. The smallest absolute Gasteiger partial charge is 0.274 e. The number of fused-ring (bicyclic) bond motifs is 1. The lowest BCUT2D eigenvalue weighted by Gasteiger charge is -2.09. The Morgan fingerprint density at radius 2 is 2.00 bits per heavy atom. The first-order valence-electron chi connectivity index (χ1n) is 7.42. The second-order valence-corrected chi connectivity index (χ2v) is 6.20. The number of thioether (sulfide) groups is 1. The van der Waals surface area contributed by atoms with Gasteiger partial charge < -0.3 is 5.32 Å². The summed E-state index contributed by atoms with van der Waals surface area (Å²) < 4.78 is 0. The Balaban J connectivity index is 1.71. The standard InChI is InChI=1S/C17H14N4O3S/c1-11-13(7-4-8-15(11)21(23)24)20-16(22)9-25-17-12-5-2-3-6-14(12)18-10-19-17/h2-8,10H,9H2,1H3,(H,20,22). The number of nitrogens with one attached hydrogen (secondary N) is 1. The molecule has 7 nitrogen and oxygen atoms in total. The third kappa shape index (κ3) is 3.74. The number of carbonyl (C=O) groups is 1. The maximum atomic E-state index is 12.2. The highest BCUT2D eigenvalue weighted by Crippen LogP contribution is 2.27. The summed E-state index contributed by atoms with van der Waals surface area (Å²) in [6.45, 7) is 1.61. The average molecular weight is 354 g/mol. The predicted octanol–water partition coefficient (Wildman–Crippen LogP) is 3.58. The summed E-state index contributed by atoms with van der Waals surface area (Å²) in [5.41, 5.74) is 1.66. The van der Waals surface area contributed by atoms with Gasteiger partial charge >= 0.3 is 0 Å². The Kier molecular flexibility index (Phi) is 4.90. The molecule has 1 aromatic heterocycles.